The third-order valence-electron chi connectivity index (χ3n) is 6.04. The molecule has 2 aromatic carbocycles. The van der Waals surface area contributed by atoms with E-state index in [1.807, 2.05) is 55.6 Å². The van der Waals surface area contributed by atoms with Crippen molar-refractivity contribution in [1.29, 1.82) is 0 Å². The number of piperazine rings is 1. The van der Waals surface area contributed by atoms with E-state index in [1.54, 1.807) is 0 Å². The van der Waals surface area contributed by atoms with E-state index in [1.165, 1.54) is 13.3 Å². The van der Waals surface area contributed by atoms with Crippen LogP contribution in [0.2, 0.25) is 5.02 Å². The Morgan fingerprint density at radius 2 is 1.74 bits per heavy atom. The molecule has 2 aromatic heterocycles. The molecule has 0 saturated carbocycles. The Balaban J connectivity index is 1.29. The summed E-state index contributed by atoms with van der Waals surface area (Å²) in [5.41, 5.74) is 4.52. The minimum absolute atomic E-state index is 0.115. The van der Waals surface area contributed by atoms with E-state index >= 15 is 0 Å². The van der Waals surface area contributed by atoms with Gasteiger partial charge in [0.2, 0.25) is 17.8 Å². The van der Waals surface area contributed by atoms with Crippen LogP contribution >= 0.6 is 11.6 Å². The number of carbonyl (C=O) groups excluding carboxylic acids is 1. The number of fused-ring (bicyclic) bond motifs is 1. The molecule has 35 heavy (non-hydrogen) atoms. The smallest absolute Gasteiger partial charge is 0.232 e. The lowest BCUT2D eigenvalue weighted by molar-refractivity contribution is -0.114. The van der Waals surface area contributed by atoms with Crippen LogP contribution in [-0.2, 0) is 4.79 Å². The van der Waals surface area contributed by atoms with Gasteiger partial charge in [-0.2, -0.15) is 4.98 Å². The third-order valence-corrected chi connectivity index (χ3v) is 6.27. The summed E-state index contributed by atoms with van der Waals surface area (Å²) in [5, 5.41) is 7.87. The van der Waals surface area contributed by atoms with Gasteiger partial charge in [0.1, 0.15) is 6.33 Å². The van der Waals surface area contributed by atoms with Gasteiger partial charge in [0, 0.05) is 66.8 Å². The molecule has 1 saturated heterocycles. The molecule has 1 amide bonds. The van der Waals surface area contributed by atoms with Gasteiger partial charge >= 0.3 is 0 Å². The maximum absolute atomic E-state index is 11.5. The number of anilines is 5. The van der Waals surface area contributed by atoms with Crippen LogP contribution in [0, 0.1) is 6.92 Å². The number of amides is 1. The topological polar surface area (TPSA) is 99.2 Å². The molecule has 0 atom stereocenters. The number of hydrogen-bond acceptors (Lipinski definition) is 8. The van der Waals surface area contributed by atoms with Crippen molar-refractivity contribution < 1.29 is 4.79 Å². The quantitative estimate of drug-likeness (QED) is 0.426. The molecule has 0 aliphatic carbocycles. The number of carbonyl (C=O) groups is 1. The lowest BCUT2D eigenvalue weighted by Crippen LogP contribution is -2.47. The SMILES string of the molecule is CC(=O)Nc1cccc(Nc2ncnc(N3CCN(c4ccnc5cc(Cl)ccc45)CC3)n2)c1C. The first-order valence-electron chi connectivity index (χ1n) is 11.4. The normalized spacial score (nSPS) is 13.7. The minimum atomic E-state index is -0.115. The largest absolute Gasteiger partial charge is 0.367 e. The fourth-order valence-corrected chi connectivity index (χ4v) is 4.41. The lowest BCUT2D eigenvalue weighted by Gasteiger charge is -2.36. The Labute approximate surface area is 208 Å². The first-order chi connectivity index (χ1) is 17.0. The van der Waals surface area contributed by atoms with E-state index in [2.05, 4.69) is 40.4 Å². The Morgan fingerprint density at radius 1 is 0.971 bits per heavy atom. The summed E-state index contributed by atoms with van der Waals surface area (Å²) in [6.07, 6.45) is 3.34. The number of aromatic nitrogens is 4. The van der Waals surface area contributed by atoms with Crippen molar-refractivity contribution in [2.75, 3.05) is 46.6 Å². The second kappa shape index (κ2) is 9.71. The van der Waals surface area contributed by atoms with Crippen molar-refractivity contribution in [1.82, 2.24) is 19.9 Å². The van der Waals surface area contributed by atoms with Crippen molar-refractivity contribution in [3.63, 3.8) is 0 Å². The average molecular weight is 489 g/mol. The van der Waals surface area contributed by atoms with Gasteiger partial charge in [0.15, 0.2) is 0 Å². The molecule has 1 fully saturated rings. The van der Waals surface area contributed by atoms with Crippen molar-refractivity contribution in [2.45, 2.75) is 13.8 Å². The highest BCUT2D eigenvalue weighted by Crippen LogP contribution is 2.29. The van der Waals surface area contributed by atoms with Gasteiger partial charge in [-0.3, -0.25) is 9.78 Å². The van der Waals surface area contributed by atoms with E-state index in [-0.39, 0.29) is 5.91 Å². The van der Waals surface area contributed by atoms with Crippen molar-refractivity contribution >= 4 is 57.4 Å². The van der Waals surface area contributed by atoms with E-state index in [9.17, 15) is 4.79 Å². The number of pyridine rings is 1. The minimum Gasteiger partial charge on any atom is -0.367 e. The highest BCUT2D eigenvalue weighted by Gasteiger charge is 2.21. The molecule has 2 N–H and O–H groups in total. The molecule has 1 aliphatic rings. The summed E-state index contributed by atoms with van der Waals surface area (Å²) in [5.74, 6) is 0.970. The summed E-state index contributed by atoms with van der Waals surface area (Å²) in [7, 11) is 0. The van der Waals surface area contributed by atoms with Crippen LogP contribution in [0.3, 0.4) is 0 Å². The van der Waals surface area contributed by atoms with Crippen LogP contribution in [0.25, 0.3) is 10.9 Å². The van der Waals surface area contributed by atoms with Crippen LogP contribution in [0.5, 0.6) is 0 Å². The molecule has 3 heterocycles. The molecular weight excluding hydrogens is 464 g/mol. The first-order valence-corrected chi connectivity index (χ1v) is 11.7. The highest BCUT2D eigenvalue weighted by atomic mass is 35.5. The number of benzene rings is 2. The van der Waals surface area contributed by atoms with Crippen LogP contribution < -0.4 is 20.4 Å². The van der Waals surface area contributed by atoms with Crippen molar-refractivity contribution in [3.05, 3.63) is 65.6 Å². The van der Waals surface area contributed by atoms with Gasteiger partial charge < -0.3 is 20.4 Å². The number of rotatable bonds is 5. The zero-order chi connectivity index (χ0) is 24.4. The van der Waals surface area contributed by atoms with Crippen LogP contribution in [-0.4, -0.2) is 52.0 Å². The molecule has 0 bridgehead atoms. The van der Waals surface area contributed by atoms with Gasteiger partial charge in [-0.15, -0.1) is 0 Å². The summed E-state index contributed by atoms with van der Waals surface area (Å²) < 4.78 is 0. The molecule has 4 aromatic rings. The van der Waals surface area contributed by atoms with Gasteiger partial charge in [-0.25, -0.2) is 9.97 Å². The maximum Gasteiger partial charge on any atom is 0.232 e. The monoisotopic (exact) mass is 488 g/mol. The van der Waals surface area contributed by atoms with E-state index in [0.717, 1.165) is 59.7 Å². The van der Waals surface area contributed by atoms with E-state index < -0.39 is 0 Å². The molecule has 178 valence electrons. The maximum atomic E-state index is 11.5. The van der Waals surface area contributed by atoms with E-state index in [4.69, 9.17) is 11.6 Å². The number of hydrogen-bond donors (Lipinski definition) is 2. The zero-order valence-electron chi connectivity index (χ0n) is 19.5. The average Bonchev–Trinajstić information content (AvgIpc) is 2.86. The van der Waals surface area contributed by atoms with Gasteiger partial charge in [-0.1, -0.05) is 17.7 Å². The van der Waals surface area contributed by atoms with Crippen molar-refractivity contribution in [3.8, 4) is 0 Å². The summed E-state index contributed by atoms with van der Waals surface area (Å²) >= 11 is 6.14. The number of nitrogens with zero attached hydrogens (tertiary/aromatic N) is 6. The Bertz CT molecular complexity index is 1390. The summed E-state index contributed by atoms with van der Waals surface area (Å²) in [4.78, 5) is 33.8. The summed E-state index contributed by atoms with van der Waals surface area (Å²) in [6, 6.07) is 13.5. The molecule has 0 unspecified atom stereocenters. The second-order valence-electron chi connectivity index (χ2n) is 8.36. The first kappa shape index (κ1) is 22.8. The Morgan fingerprint density at radius 3 is 2.54 bits per heavy atom. The predicted octanol–water partition coefficient (Wildman–Crippen LogP) is 4.41. The Kier molecular flexibility index (Phi) is 6.33. The van der Waals surface area contributed by atoms with Gasteiger partial charge in [0.05, 0.1) is 5.52 Å². The van der Waals surface area contributed by atoms with Gasteiger partial charge in [-0.05, 0) is 48.9 Å². The number of nitrogens with one attached hydrogen (secondary N) is 2. The molecule has 5 rings (SSSR count). The fraction of sp³-hybridized carbons (Fsp3) is 0.240. The number of halogens is 1. The molecule has 1 aliphatic heterocycles. The predicted molar refractivity (Wildman–Crippen MR) is 140 cm³/mol. The molecule has 10 heteroatoms. The third kappa shape index (κ3) is 4.95. The van der Waals surface area contributed by atoms with E-state index in [0.29, 0.717) is 16.9 Å². The lowest BCUT2D eigenvalue weighted by atomic mass is 10.1. The van der Waals surface area contributed by atoms with Crippen LogP contribution in [0.15, 0.2) is 55.0 Å². The molecule has 0 radical (unpaired) electrons. The standard InChI is InChI=1S/C25H25ClN8O/c1-16-20(30-17(2)35)4-3-5-21(16)31-24-28-15-29-25(32-24)34-12-10-33(11-13-34)23-8-9-27-22-14-18(26)6-7-19(22)23/h3-9,14-15H,10-13H2,1-2H3,(H,30,35)(H,28,29,31,32). The van der Waals surface area contributed by atoms with Gasteiger partial charge in [0.25, 0.3) is 0 Å². The van der Waals surface area contributed by atoms with Crippen LogP contribution in [0.4, 0.5) is 29.0 Å². The highest BCUT2D eigenvalue weighted by molar-refractivity contribution is 6.31. The Hall–Kier alpha value is -3.98. The summed E-state index contributed by atoms with van der Waals surface area (Å²) in [6.45, 7) is 6.63. The van der Waals surface area contributed by atoms with Crippen LogP contribution in [0.1, 0.15) is 12.5 Å². The zero-order valence-corrected chi connectivity index (χ0v) is 20.3. The molecular formula is C25H25ClN8O. The molecule has 0 spiro atoms. The molecule has 9 nitrogen and oxygen atoms in total. The van der Waals surface area contributed by atoms with Crippen molar-refractivity contribution in [2.24, 2.45) is 0 Å². The second-order valence-corrected chi connectivity index (χ2v) is 8.80. The fourth-order valence-electron chi connectivity index (χ4n) is 4.25.